The number of carbonyl (C=O) groups excluding carboxylic acids is 1. The Morgan fingerprint density at radius 3 is 3.14 bits per heavy atom. The second kappa shape index (κ2) is 7.84. The highest BCUT2D eigenvalue weighted by Crippen LogP contribution is 2.38. The molecule has 0 saturated heterocycles. The van der Waals surface area contributed by atoms with E-state index in [1.807, 2.05) is 6.92 Å². The average molecular weight is 312 g/mol. The quantitative estimate of drug-likeness (QED) is 0.781. The van der Waals surface area contributed by atoms with E-state index in [-0.39, 0.29) is 5.97 Å². The number of thioether (sulfide) groups is 1. The van der Waals surface area contributed by atoms with Crippen molar-refractivity contribution in [2.45, 2.75) is 62.0 Å². The lowest BCUT2D eigenvalue weighted by Crippen LogP contribution is -2.56. The lowest BCUT2D eigenvalue weighted by molar-refractivity contribution is -0.152. The maximum Gasteiger partial charge on any atom is 0.326 e. The summed E-state index contributed by atoms with van der Waals surface area (Å²) in [7, 11) is 0. The SMILES string of the molecule is CCCNC1(C(=O)OCC)CCCC(Sc2ncco2)C1. The molecule has 6 heteroatoms. The lowest BCUT2D eigenvalue weighted by atomic mass is 9.81. The van der Waals surface area contributed by atoms with Crippen molar-refractivity contribution in [3.63, 3.8) is 0 Å². The zero-order valence-corrected chi connectivity index (χ0v) is 13.6. The maximum absolute atomic E-state index is 12.4. The van der Waals surface area contributed by atoms with Gasteiger partial charge < -0.3 is 14.5 Å². The monoisotopic (exact) mass is 312 g/mol. The summed E-state index contributed by atoms with van der Waals surface area (Å²) < 4.78 is 10.6. The molecule has 5 nitrogen and oxygen atoms in total. The Kier molecular flexibility index (Phi) is 6.11. The summed E-state index contributed by atoms with van der Waals surface area (Å²) in [5.41, 5.74) is -0.547. The van der Waals surface area contributed by atoms with Crippen LogP contribution in [0.15, 0.2) is 22.1 Å². The Morgan fingerprint density at radius 1 is 1.62 bits per heavy atom. The molecule has 0 aromatic carbocycles. The predicted molar refractivity (Wildman–Crippen MR) is 82.3 cm³/mol. The molecular weight excluding hydrogens is 288 g/mol. The van der Waals surface area contributed by atoms with Gasteiger partial charge in [0.15, 0.2) is 0 Å². The van der Waals surface area contributed by atoms with Crippen LogP contribution in [0, 0.1) is 0 Å². The molecule has 1 aromatic heterocycles. The smallest absolute Gasteiger partial charge is 0.326 e. The second-order valence-corrected chi connectivity index (χ2v) is 6.62. The van der Waals surface area contributed by atoms with E-state index in [0.717, 1.165) is 38.6 Å². The third-order valence-corrected chi connectivity index (χ3v) is 4.90. The summed E-state index contributed by atoms with van der Waals surface area (Å²) in [6.07, 6.45) is 7.92. The molecule has 1 aliphatic rings. The van der Waals surface area contributed by atoms with E-state index in [0.29, 0.717) is 17.1 Å². The number of hydrogen-bond acceptors (Lipinski definition) is 6. The fraction of sp³-hybridized carbons (Fsp3) is 0.733. The Morgan fingerprint density at radius 2 is 2.48 bits per heavy atom. The molecule has 0 spiro atoms. The van der Waals surface area contributed by atoms with E-state index in [9.17, 15) is 4.79 Å². The molecule has 0 aliphatic heterocycles. The average Bonchev–Trinajstić information content (AvgIpc) is 2.98. The van der Waals surface area contributed by atoms with Crippen LogP contribution < -0.4 is 5.32 Å². The van der Waals surface area contributed by atoms with E-state index < -0.39 is 5.54 Å². The molecule has 2 atom stereocenters. The van der Waals surface area contributed by atoms with Crippen LogP contribution in [0.4, 0.5) is 0 Å². The standard InChI is InChI=1S/C15H24N2O3S/c1-3-8-17-15(13(18)19-4-2)7-5-6-12(11-15)21-14-16-9-10-20-14/h9-10,12,17H,3-8,11H2,1-2H3. The maximum atomic E-state index is 12.4. The second-order valence-electron chi connectivity index (χ2n) is 5.36. The number of hydrogen-bond donors (Lipinski definition) is 1. The fourth-order valence-corrected chi connectivity index (χ4v) is 3.96. The minimum atomic E-state index is -0.547. The number of nitrogens with zero attached hydrogens (tertiary/aromatic N) is 1. The zero-order valence-electron chi connectivity index (χ0n) is 12.8. The third-order valence-electron chi connectivity index (χ3n) is 3.76. The van der Waals surface area contributed by atoms with Gasteiger partial charge in [0.2, 0.25) is 0 Å². The van der Waals surface area contributed by atoms with Crippen LogP contribution in [0.5, 0.6) is 0 Å². The fourth-order valence-electron chi connectivity index (χ4n) is 2.79. The first kappa shape index (κ1) is 16.4. The van der Waals surface area contributed by atoms with Gasteiger partial charge in [-0.15, -0.1) is 0 Å². The molecular formula is C15H24N2O3S. The highest BCUT2D eigenvalue weighted by Gasteiger charge is 2.44. The zero-order chi connectivity index (χ0) is 15.1. The Hall–Kier alpha value is -1.01. The van der Waals surface area contributed by atoms with Crippen LogP contribution >= 0.6 is 11.8 Å². The minimum absolute atomic E-state index is 0.115. The molecule has 0 amide bonds. The van der Waals surface area contributed by atoms with E-state index >= 15 is 0 Å². The number of aromatic nitrogens is 1. The molecule has 1 fully saturated rings. The molecule has 118 valence electrons. The number of rotatable bonds is 7. The molecule has 1 aliphatic carbocycles. The van der Waals surface area contributed by atoms with Gasteiger partial charge in [-0.1, -0.05) is 18.7 Å². The first-order valence-electron chi connectivity index (χ1n) is 7.68. The van der Waals surface area contributed by atoms with Gasteiger partial charge >= 0.3 is 5.97 Å². The van der Waals surface area contributed by atoms with E-state index in [2.05, 4.69) is 17.2 Å². The van der Waals surface area contributed by atoms with Crippen molar-refractivity contribution in [2.24, 2.45) is 0 Å². The van der Waals surface area contributed by atoms with Gasteiger partial charge in [0.1, 0.15) is 11.8 Å². The molecule has 1 aromatic rings. The molecule has 1 N–H and O–H groups in total. The molecule has 2 rings (SSSR count). The summed E-state index contributed by atoms with van der Waals surface area (Å²) in [6, 6.07) is 0. The van der Waals surface area contributed by atoms with Crippen molar-refractivity contribution < 1.29 is 13.9 Å². The molecule has 2 unspecified atom stereocenters. The molecule has 0 bridgehead atoms. The third kappa shape index (κ3) is 4.23. The predicted octanol–water partition coefficient (Wildman–Crippen LogP) is 3.01. The topological polar surface area (TPSA) is 64.4 Å². The first-order valence-corrected chi connectivity index (χ1v) is 8.56. The number of oxazole rings is 1. The van der Waals surface area contributed by atoms with Crippen molar-refractivity contribution >= 4 is 17.7 Å². The van der Waals surface area contributed by atoms with Gasteiger partial charge in [-0.3, -0.25) is 4.79 Å². The Labute approximate surface area is 130 Å². The van der Waals surface area contributed by atoms with Gasteiger partial charge in [0.05, 0.1) is 12.8 Å². The summed E-state index contributed by atoms with van der Waals surface area (Å²) in [4.78, 5) is 16.6. The molecule has 0 radical (unpaired) electrons. The highest BCUT2D eigenvalue weighted by atomic mass is 32.2. The number of ether oxygens (including phenoxy) is 1. The Balaban J connectivity index is 2.05. The van der Waals surface area contributed by atoms with Crippen LogP contribution in [0.1, 0.15) is 46.0 Å². The van der Waals surface area contributed by atoms with Crippen molar-refractivity contribution in [1.82, 2.24) is 10.3 Å². The number of esters is 1. The van der Waals surface area contributed by atoms with Crippen LogP contribution in [0.25, 0.3) is 0 Å². The van der Waals surface area contributed by atoms with Crippen molar-refractivity contribution in [1.29, 1.82) is 0 Å². The minimum Gasteiger partial charge on any atom is -0.465 e. The lowest BCUT2D eigenvalue weighted by Gasteiger charge is -2.39. The van der Waals surface area contributed by atoms with Gasteiger partial charge in [0.25, 0.3) is 5.22 Å². The summed E-state index contributed by atoms with van der Waals surface area (Å²) in [6.45, 7) is 5.21. The van der Waals surface area contributed by atoms with E-state index in [1.165, 1.54) is 0 Å². The van der Waals surface area contributed by atoms with Gasteiger partial charge in [0, 0.05) is 5.25 Å². The largest absolute Gasteiger partial charge is 0.465 e. The van der Waals surface area contributed by atoms with Crippen molar-refractivity contribution in [3.05, 3.63) is 12.5 Å². The van der Waals surface area contributed by atoms with E-state index in [1.54, 1.807) is 24.2 Å². The Bertz CT molecular complexity index is 438. The number of carbonyl (C=O) groups is 1. The van der Waals surface area contributed by atoms with E-state index in [4.69, 9.17) is 9.15 Å². The van der Waals surface area contributed by atoms with Crippen LogP contribution in [-0.2, 0) is 9.53 Å². The van der Waals surface area contributed by atoms with Crippen molar-refractivity contribution in [2.75, 3.05) is 13.2 Å². The van der Waals surface area contributed by atoms with Gasteiger partial charge in [-0.25, -0.2) is 4.98 Å². The van der Waals surface area contributed by atoms with Crippen LogP contribution in [0.3, 0.4) is 0 Å². The highest BCUT2D eigenvalue weighted by molar-refractivity contribution is 7.99. The van der Waals surface area contributed by atoms with Crippen LogP contribution in [-0.4, -0.2) is 34.9 Å². The summed E-state index contributed by atoms with van der Waals surface area (Å²) in [5, 5.41) is 4.44. The summed E-state index contributed by atoms with van der Waals surface area (Å²) in [5.74, 6) is -0.115. The van der Waals surface area contributed by atoms with Gasteiger partial charge in [-0.2, -0.15) is 0 Å². The molecule has 1 heterocycles. The van der Waals surface area contributed by atoms with Gasteiger partial charge in [-0.05, 0) is 45.6 Å². The normalized spacial score (nSPS) is 25.7. The molecule has 21 heavy (non-hydrogen) atoms. The van der Waals surface area contributed by atoms with Crippen LogP contribution in [0.2, 0.25) is 0 Å². The van der Waals surface area contributed by atoms with Crippen molar-refractivity contribution in [3.8, 4) is 0 Å². The number of nitrogens with one attached hydrogen (secondary N) is 1. The summed E-state index contributed by atoms with van der Waals surface area (Å²) >= 11 is 1.62. The molecule has 1 saturated carbocycles. The first-order chi connectivity index (χ1) is 10.2.